The maximum absolute atomic E-state index is 11.9. The Kier molecular flexibility index (Phi) is 5.26. The van der Waals surface area contributed by atoms with E-state index >= 15 is 0 Å². The molecule has 4 nitrogen and oxygen atoms in total. The SMILES string of the molecule is CC#CCCNS(=O)(=O)N1CCCCC1C. The summed E-state index contributed by atoms with van der Waals surface area (Å²) >= 11 is 0. The summed E-state index contributed by atoms with van der Waals surface area (Å²) < 4.78 is 28.0. The first-order valence-corrected chi connectivity index (χ1v) is 7.18. The molecule has 0 saturated carbocycles. The Labute approximate surface area is 98.6 Å². The molecule has 1 heterocycles. The van der Waals surface area contributed by atoms with E-state index in [1.54, 1.807) is 11.2 Å². The monoisotopic (exact) mass is 244 g/mol. The lowest BCUT2D eigenvalue weighted by molar-refractivity contribution is 0.265. The van der Waals surface area contributed by atoms with E-state index in [1.807, 2.05) is 6.92 Å². The van der Waals surface area contributed by atoms with E-state index in [0.29, 0.717) is 19.5 Å². The first-order chi connectivity index (χ1) is 7.58. The van der Waals surface area contributed by atoms with Gasteiger partial charge in [0.25, 0.3) is 10.2 Å². The van der Waals surface area contributed by atoms with Gasteiger partial charge in [-0.3, -0.25) is 0 Å². The van der Waals surface area contributed by atoms with Crippen molar-refractivity contribution in [1.82, 2.24) is 9.03 Å². The predicted molar refractivity (Wildman–Crippen MR) is 65.0 cm³/mol. The van der Waals surface area contributed by atoms with Crippen molar-refractivity contribution in [2.24, 2.45) is 0 Å². The van der Waals surface area contributed by atoms with E-state index in [9.17, 15) is 8.42 Å². The zero-order valence-electron chi connectivity index (χ0n) is 9.99. The van der Waals surface area contributed by atoms with Crippen molar-refractivity contribution in [3.8, 4) is 11.8 Å². The van der Waals surface area contributed by atoms with Crippen LogP contribution in [0.25, 0.3) is 0 Å². The minimum Gasteiger partial charge on any atom is -0.201 e. The molecule has 0 radical (unpaired) electrons. The molecule has 0 bridgehead atoms. The highest BCUT2D eigenvalue weighted by Gasteiger charge is 2.28. The van der Waals surface area contributed by atoms with Crippen molar-refractivity contribution in [3.05, 3.63) is 0 Å². The quantitative estimate of drug-likeness (QED) is 0.595. The molecule has 1 fully saturated rings. The second-order valence-electron chi connectivity index (χ2n) is 4.03. The fraction of sp³-hybridized carbons (Fsp3) is 0.818. The predicted octanol–water partition coefficient (Wildman–Crippen LogP) is 1.11. The van der Waals surface area contributed by atoms with Gasteiger partial charge in [0.15, 0.2) is 0 Å². The van der Waals surface area contributed by atoms with E-state index in [-0.39, 0.29) is 6.04 Å². The lowest BCUT2D eigenvalue weighted by Crippen LogP contribution is -2.48. The summed E-state index contributed by atoms with van der Waals surface area (Å²) in [7, 11) is -3.30. The van der Waals surface area contributed by atoms with Gasteiger partial charge in [-0.1, -0.05) is 6.42 Å². The van der Waals surface area contributed by atoms with Crippen LogP contribution in [-0.2, 0) is 10.2 Å². The maximum atomic E-state index is 11.9. The molecule has 1 atom stereocenters. The minimum atomic E-state index is -3.30. The fourth-order valence-electron chi connectivity index (χ4n) is 1.88. The number of nitrogens with zero attached hydrogens (tertiary/aromatic N) is 1. The Bertz CT molecular complexity index is 367. The molecule has 1 aliphatic heterocycles. The van der Waals surface area contributed by atoms with Gasteiger partial charge in [-0.05, 0) is 26.7 Å². The molecule has 1 N–H and O–H groups in total. The van der Waals surface area contributed by atoms with Gasteiger partial charge in [-0.15, -0.1) is 11.8 Å². The summed E-state index contributed by atoms with van der Waals surface area (Å²) in [4.78, 5) is 0. The highest BCUT2D eigenvalue weighted by atomic mass is 32.2. The first-order valence-electron chi connectivity index (χ1n) is 5.74. The van der Waals surface area contributed by atoms with Crippen LogP contribution in [0.2, 0.25) is 0 Å². The van der Waals surface area contributed by atoms with Crippen LogP contribution in [0.4, 0.5) is 0 Å². The molecule has 1 saturated heterocycles. The highest BCUT2D eigenvalue weighted by molar-refractivity contribution is 7.87. The Morgan fingerprint density at radius 1 is 1.44 bits per heavy atom. The molecule has 1 aliphatic rings. The van der Waals surface area contributed by atoms with Crippen molar-refractivity contribution >= 4 is 10.2 Å². The van der Waals surface area contributed by atoms with E-state index in [0.717, 1.165) is 19.3 Å². The lowest BCUT2D eigenvalue weighted by atomic mass is 10.1. The van der Waals surface area contributed by atoms with Gasteiger partial charge in [-0.2, -0.15) is 12.7 Å². The lowest BCUT2D eigenvalue weighted by Gasteiger charge is -2.32. The van der Waals surface area contributed by atoms with Gasteiger partial charge in [-0.25, -0.2) is 4.72 Å². The molecular formula is C11H20N2O2S. The molecule has 0 aromatic heterocycles. The standard InChI is InChI=1S/C11H20N2O2S/c1-3-4-6-9-12-16(14,15)13-10-7-5-8-11(13)2/h11-12H,5-10H2,1-2H3. The van der Waals surface area contributed by atoms with Gasteiger partial charge >= 0.3 is 0 Å². The summed E-state index contributed by atoms with van der Waals surface area (Å²) in [5.74, 6) is 5.58. The molecule has 0 spiro atoms. The second kappa shape index (κ2) is 6.24. The summed E-state index contributed by atoms with van der Waals surface area (Å²) in [6.45, 7) is 4.74. The minimum absolute atomic E-state index is 0.114. The summed E-state index contributed by atoms with van der Waals surface area (Å²) in [6.07, 6.45) is 3.60. The third kappa shape index (κ3) is 3.78. The average molecular weight is 244 g/mol. The topological polar surface area (TPSA) is 49.4 Å². The van der Waals surface area contributed by atoms with E-state index in [2.05, 4.69) is 16.6 Å². The van der Waals surface area contributed by atoms with Gasteiger partial charge < -0.3 is 0 Å². The summed E-state index contributed by atoms with van der Waals surface area (Å²) in [5, 5.41) is 0. The van der Waals surface area contributed by atoms with Gasteiger partial charge in [0, 0.05) is 25.6 Å². The van der Waals surface area contributed by atoms with Crippen LogP contribution in [0.5, 0.6) is 0 Å². The first kappa shape index (κ1) is 13.5. The van der Waals surface area contributed by atoms with Crippen molar-refractivity contribution in [2.45, 2.75) is 45.6 Å². The largest absolute Gasteiger partial charge is 0.279 e. The Morgan fingerprint density at radius 2 is 2.19 bits per heavy atom. The third-order valence-corrected chi connectivity index (χ3v) is 4.49. The number of hydrogen-bond donors (Lipinski definition) is 1. The molecule has 92 valence electrons. The molecule has 1 rings (SSSR count). The van der Waals surface area contributed by atoms with Crippen LogP contribution in [0.3, 0.4) is 0 Å². The molecule has 0 amide bonds. The normalized spacial score (nSPS) is 22.5. The number of rotatable bonds is 4. The number of hydrogen-bond acceptors (Lipinski definition) is 2. The third-order valence-electron chi connectivity index (χ3n) is 2.76. The van der Waals surface area contributed by atoms with Crippen molar-refractivity contribution in [3.63, 3.8) is 0 Å². The summed E-state index contributed by atoms with van der Waals surface area (Å²) in [5.41, 5.74) is 0. The van der Waals surface area contributed by atoms with E-state index in [1.165, 1.54) is 0 Å². The molecule has 5 heteroatoms. The van der Waals surface area contributed by atoms with Gasteiger partial charge in [0.05, 0.1) is 0 Å². The van der Waals surface area contributed by atoms with Crippen LogP contribution in [0, 0.1) is 11.8 Å². The van der Waals surface area contributed by atoms with Crippen molar-refractivity contribution in [1.29, 1.82) is 0 Å². The average Bonchev–Trinajstić information content (AvgIpc) is 2.25. The van der Waals surface area contributed by atoms with Crippen LogP contribution in [0.15, 0.2) is 0 Å². The van der Waals surface area contributed by atoms with Crippen molar-refractivity contribution in [2.75, 3.05) is 13.1 Å². The smallest absolute Gasteiger partial charge is 0.201 e. The van der Waals surface area contributed by atoms with Crippen LogP contribution in [0.1, 0.15) is 39.5 Å². The number of nitrogens with one attached hydrogen (secondary N) is 1. The molecule has 0 aromatic rings. The molecule has 1 unspecified atom stereocenters. The van der Waals surface area contributed by atoms with Crippen LogP contribution >= 0.6 is 0 Å². The zero-order chi connectivity index (χ0) is 12.0. The fourth-order valence-corrected chi connectivity index (χ4v) is 3.35. The zero-order valence-corrected chi connectivity index (χ0v) is 10.8. The van der Waals surface area contributed by atoms with Crippen molar-refractivity contribution < 1.29 is 8.42 Å². The van der Waals surface area contributed by atoms with Gasteiger partial charge in [0.2, 0.25) is 0 Å². The maximum Gasteiger partial charge on any atom is 0.279 e. The Balaban J connectivity index is 2.50. The van der Waals surface area contributed by atoms with Crippen LogP contribution in [-0.4, -0.2) is 31.9 Å². The number of piperidine rings is 1. The van der Waals surface area contributed by atoms with E-state index in [4.69, 9.17) is 0 Å². The molecule has 16 heavy (non-hydrogen) atoms. The molecule has 0 aromatic carbocycles. The Hall–Kier alpha value is -0.570. The molecular weight excluding hydrogens is 224 g/mol. The van der Waals surface area contributed by atoms with Gasteiger partial charge in [0.1, 0.15) is 0 Å². The summed E-state index contributed by atoms with van der Waals surface area (Å²) in [6, 6.07) is 0.114. The second-order valence-corrected chi connectivity index (χ2v) is 5.74. The Morgan fingerprint density at radius 3 is 2.81 bits per heavy atom. The molecule has 0 aliphatic carbocycles. The van der Waals surface area contributed by atoms with E-state index < -0.39 is 10.2 Å². The highest BCUT2D eigenvalue weighted by Crippen LogP contribution is 2.18. The van der Waals surface area contributed by atoms with Crippen LogP contribution < -0.4 is 4.72 Å².